The van der Waals surface area contributed by atoms with E-state index in [9.17, 15) is 0 Å². The van der Waals surface area contributed by atoms with E-state index < -0.39 is 56.7 Å². The van der Waals surface area contributed by atoms with Crippen molar-refractivity contribution in [2.75, 3.05) is 0 Å². The van der Waals surface area contributed by atoms with Crippen molar-refractivity contribution in [3.63, 3.8) is 0 Å². The fraction of sp³-hybridized carbons (Fsp3) is 0.130. The molecule has 281 valence electrons. The van der Waals surface area contributed by atoms with Crippen molar-refractivity contribution in [1.82, 2.24) is 0 Å². The van der Waals surface area contributed by atoms with Crippen molar-refractivity contribution < 1.29 is 42.7 Å². The van der Waals surface area contributed by atoms with Crippen LogP contribution in [0.4, 0.5) is 26.3 Å². The number of allylic oxidation sites excluding steroid dienone is 2. The molecule has 0 saturated carbocycles. The molecule has 0 N–H and O–H groups in total. The third-order valence-electron chi connectivity index (χ3n) is 12.0. The maximum absolute atomic E-state index is 16.0. The van der Waals surface area contributed by atoms with Crippen LogP contribution in [0.25, 0.3) is 45.5 Å². The number of hydrogen-bond acceptors (Lipinski definition) is 0. The van der Waals surface area contributed by atoms with Gasteiger partial charge >= 0.3 is 334 Å². The molecule has 10 heteroatoms. The average Bonchev–Trinajstić information content (AvgIpc) is 3.88. The van der Waals surface area contributed by atoms with Crippen LogP contribution in [0.15, 0.2) is 139 Å². The van der Waals surface area contributed by atoms with E-state index in [0.717, 1.165) is 44.8 Å². The molecule has 6 aromatic carbocycles. The average molecular weight is 890 g/mol. The molecular weight excluding hydrogens is 857 g/mol. The molecular formula is C46H33Cl2F6SiZr. The third-order valence-corrected chi connectivity index (χ3v) is 34.5. The monoisotopic (exact) mass is 887 g/mol. The Morgan fingerprint density at radius 3 is 1.45 bits per heavy atom. The quantitative estimate of drug-likeness (QED) is 0.119. The van der Waals surface area contributed by atoms with Gasteiger partial charge in [-0.3, -0.25) is 0 Å². The fourth-order valence-corrected chi connectivity index (χ4v) is 36.8. The standard InChI is InChI=1S/2C17H12F3.C12H9Si.2ClH.Zr/c2*1-11-7-8-13-9-14(17(18,19)20)10-15(13)16(11)12-5-3-2-4-6-12;1-3-7-11-9(5-1)10-6-2-4-8-12(10)13-11;;;/h2*2-10H,1H3;1-7H,13H2;2*1H;/q;;;;;+2/p-2. The second-order valence-electron chi connectivity index (χ2n) is 15.1. The van der Waals surface area contributed by atoms with Crippen LogP contribution in [-0.4, -0.2) is 21.9 Å². The zero-order chi connectivity index (χ0) is 39.4. The first kappa shape index (κ1) is 37.6. The van der Waals surface area contributed by atoms with Crippen LogP contribution in [0.2, 0.25) is 0 Å². The second-order valence-corrected chi connectivity index (χ2v) is 37.6. The summed E-state index contributed by atoms with van der Waals surface area (Å²) in [5, 5.41) is 1.77. The van der Waals surface area contributed by atoms with E-state index in [1.807, 2.05) is 80.6 Å². The van der Waals surface area contributed by atoms with E-state index >= 15 is 26.3 Å². The van der Waals surface area contributed by atoms with Gasteiger partial charge in [0.25, 0.3) is 0 Å². The summed E-state index contributed by atoms with van der Waals surface area (Å²) in [4.78, 5) is 0. The van der Waals surface area contributed by atoms with Crippen LogP contribution in [-0.2, 0) is 16.4 Å². The Morgan fingerprint density at radius 2 is 0.964 bits per heavy atom. The summed E-state index contributed by atoms with van der Waals surface area (Å²) in [6.07, 6.45) is -7.73. The SMILES string of the molecule is Cc1ccc2c(c1-c1ccccc1)C=C(C(F)(F)F)[CH]2[Zr]([Cl])([Cl])([c]1cccc2c1[SiH2]c1ccccc1-2)[CH]1C(C(F)(F)F)=Cc2c1ccc(C)c2-c1ccccc1. The van der Waals surface area contributed by atoms with E-state index in [0.29, 0.717) is 22.3 Å². The molecule has 1 aliphatic heterocycles. The van der Waals surface area contributed by atoms with E-state index in [1.54, 1.807) is 60.7 Å². The number of fused-ring (bicyclic) bond motifs is 5. The minimum atomic E-state index is -7.17. The molecule has 2 unspecified atom stereocenters. The van der Waals surface area contributed by atoms with Gasteiger partial charge in [-0.15, -0.1) is 0 Å². The first-order chi connectivity index (χ1) is 26.6. The maximum atomic E-state index is 16.0. The van der Waals surface area contributed by atoms with Gasteiger partial charge in [0, 0.05) is 0 Å². The Labute approximate surface area is 331 Å². The molecule has 1 heterocycles. The number of benzene rings is 6. The van der Waals surface area contributed by atoms with Gasteiger partial charge in [0.15, 0.2) is 0 Å². The molecule has 56 heavy (non-hydrogen) atoms. The minimum absolute atomic E-state index is 0.206. The first-order valence-corrected chi connectivity index (χ1v) is 30.1. The molecule has 0 spiro atoms. The van der Waals surface area contributed by atoms with Gasteiger partial charge in [0.2, 0.25) is 0 Å². The topological polar surface area (TPSA) is 0 Å². The van der Waals surface area contributed by atoms with Gasteiger partial charge in [0.1, 0.15) is 0 Å². The Morgan fingerprint density at radius 1 is 0.518 bits per heavy atom. The summed E-state index contributed by atoms with van der Waals surface area (Å²) in [7, 11) is 15.4. The Kier molecular flexibility index (Phi) is 8.76. The van der Waals surface area contributed by atoms with E-state index in [-0.39, 0.29) is 25.5 Å². The second kappa shape index (κ2) is 13.0. The fourth-order valence-electron chi connectivity index (χ4n) is 9.81. The molecule has 0 fully saturated rings. The van der Waals surface area contributed by atoms with Gasteiger partial charge in [0.05, 0.1) is 0 Å². The molecule has 2 aliphatic carbocycles. The van der Waals surface area contributed by atoms with E-state index in [4.69, 9.17) is 17.0 Å². The molecule has 0 radical (unpaired) electrons. The van der Waals surface area contributed by atoms with Crippen molar-refractivity contribution in [2.24, 2.45) is 0 Å². The Bertz CT molecular complexity index is 2530. The predicted molar refractivity (Wildman–Crippen MR) is 218 cm³/mol. The van der Waals surface area contributed by atoms with E-state index in [2.05, 4.69) is 0 Å². The van der Waals surface area contributed by atoms with Gasteiger partial charge in [-0.2, -0.15) is 0 Å². The van der Waals surface area contributed by atoms with Crippen LogP contribution in [0.3, 0.4) is 0 Å². The number of halogens is 8. The molecule has 6 aromatic rings. The normalized spacial score (nSPS) is 18.4. The third kappa shape index (κ3) is 5.57. The van der Waals surface area contributed by atoms with Crippen LogP contribution in [0, 0.1) is 13.8 Å². The van der Waals surface area contributed by atoms with Gasteiger partial charge in [-0.05, 0) is 0 Å². The molecule has 0 saturated heterocycles. The number of hydrogen-bond donors (Lipinski definition) is 0. The van der Waals surface area contributed by atoms with Crippen LogP contribution >= 0.6 is 17.0 Å². The summed E-state index contributed by atoms with van der Waals surface area (Å²) in [5.74, 6) is 0. The zero-order valence-electron chi connectivity index (χ0n) is 30.2. The Hall–Kier alpha value is -3.94. The molecule has 9 rings (SSSR count). The molecule has 2 atom stereocenters. The summed E-state index contributed by atoms with van der Waals surface area (Å²) in [6, 6.07) is 37.8. The van der Waals surface area contributed by atoms with Crippen molar-refractivity contribution in [1.29, 1.82) is 0 Å². The number of alkyl halides is 6. The van der Waals surface area contributed by atoms with E-state index in [1.165, 1.54) is 0 Å². The van der Waals surface area contributed by atoms with Crippen LogP contribution in [0.1, 0.15) is 40.6 Å². The van der Waals surface area contributed by atoms with Crippen molar-refractivity contribution in [2.45, 2.75) is 33.5 Å². The molecule has 0 bridgehead atoms. The van der Waals surface area contributed by atoms with Gasteiger partial charge in [-0.25, -0.2) is 0 Å². The number of aryl methyl sites for hydroxylation is 2. The Balaban J connectivity index is 1.43. The molecule has 3 aliphatic rings. The number of rotatable bonds is 5. The molecule has 0 amide bonds. The predicted octanol–water partition coefficient (Wildman–Crippen LogP) is 11.8. The van der Waals surface area contributed by atoms with Crippen molar-refractivity contribution in [3.8, 4) is 33.4 Å². The van der Waals surface area contributed by atoms with Crippen LogP contribution in [0.5, 0.6) is 0 Å². The summed E-state index contributed by atoms with van der Waals surface area (Å²) < 4.78 is 92.7. The van der Waals surface area contributed by atoms with Crippen LogP contribution < -0.4 is 13.6 Å². The molecule has 0 aromatic heterocycles. The van der Waals surface area contributed by atoms with Gasteiger partial charge < -0.3 is 0 Å². The zero-order valence-corrected chi connectivity index (χ0v) is 35.5. The van der Waals surface area contributed by atoms with Crippen molar-refractivity contribution >= 4 is 52.3 Å². The summed E-state index contributed by atoms with van der Waals surface area (Å²) >= 11 is -7.17. The first-order valence-electron chi connectivity index (χ1n) is 18.3. The summed E-state index contributed by atoms with van der Waals surface area (Å²) in [5.41, 5.74) is 4.62. The van der Waals surface area contributed by atoms with Gasteiger partial charge in [-0.1, -0.05) is 0 Å². The molecule has 0 nitrogen and oxygen atoms in total. The van der Waals surface area contributed by atoms with Crippen molar-refractivity contribution in [3.05, 3.63) is 172 Å². The summed E-state index contributed by atoms with van der Waals surface area (Å²) in [6.45, 7) is 3.64.